The summed E-state index contributed by atoms with van der Waals surface area (Å²) in [4.78, 5) is 17.0. The van der Waals surface area contributed by atoms with Gasteiger partial charge in [0, 0.05) is 37.7 Å². The van der Waals surface area contributed by atoms with E-state index in [1.807, 2.05) is 36.9 Å². The molecular weight excluding hydrogens is 348 g/mol. The summed E-state index contributed by atoms with van der Waals surface area (Å²) in [6.07, 6.45) is -0.504. The standard InChI is InChI=1S/C21H25ClN2O2/c1-16-14-19(22)8-9-20(16)26-17(2)21(25)24-12-10-23(11-13-24)15-18-6-4-3-5-7-18/h3-9,14,17H,10-13,15H2,1-2H3. The van der Waals surface area contributed by atoms with Crippen molar-refractivity contribution in [3.05, 3.63) is 64.7 Å². The van der Waals surface area contributed by atoms with Crippen molar-refractivity contribution in [2.75, 3.05) is 26.2 Å². The van der Waals surface area contributed by atoms with Gasteiger partial charge >= 0.3 is 0 Å². The zero-order valence-electron chi connectivity index (χ0n) is 15.3. The number of amides is 1. The molecule has 0 saturated carbocycles. The van der Waals surface area contributed by atoms with Crippen molar-refractivity contribution in [1.82, 2.24) is 9.80 Å². The maximum atomic E-state index is 12.7. The fourth-order valence-electron chi connectivity index (χ4n) is 3.21. The molecule has 2 aromatic carbocycles. The molecule has 138 valence electrons. The molecule has 0 aliphatic carbocycles. The van der Waals surface area contributed by atoms with Gasteiger partial charge < -0.3 is 9.64 Å². The molecule has 0 spiro atoms. The number of rotatable bonds is 5. The fourth-order valence-corrected chi connectivity index (χ4v) is 3.44. The first-order valence-electron chi connectivity index (χ1n) is 9.01. The molecule has 1 fully saturated rings. The second-order valence-corrected chi connectivity index (χ2v) is 7.19. The van der Waals surface area contributed by atoms with Gasteiger partial charge in [-0.25, -0.2) is 0 Å². The topological polar surface area (TPSA) is 32.8 Å². The van der Waals surface area contributed by atoms with Gasteiger partial charge in [0.1, 0.15) is 5.75 Å². The number of hydrogen-bond acceptors (Lipinski definition) is 3. The van der Waals surface area contributed by atoms with Crippen molar-refractivity contribution in [2.24, 2.45) is 0 Å². The number of ether oxygens (including phenoxy) is 1. The molecule has 3 rings (SSSR count). The van der Waals surface area contributed by atoms with E-state index >= 15 is 0 Å². The zero-order chi connectivity index (χ0) is 18.5. The lowest BCUT2D eigenvalue weighted by molar-refractivity contribution is -0.139. The number of hydrogen-bond donors (Lipinski definition) is 0. The van der Waals surface area contributed by atoms with E-state index in [1.165, 1.54) is 5.56 Å². The highest BCUT2D eigenvalue weighted by molar-refractivity contribution is 6.30. The molecule has 0 N–H and O–H groups in total. The smallest absolute Gasteiger partial charge is 0.263 e. The van der Waals surface area contributed by atoms with Crippen molar-refractivity contribution < 1.29 is 9.53 Å². The number of halogens is 1. The summed E-state index contributed by atoms with van der Waals surface area (Å²) in [5.74, 6) is 0.747. The first-order chi connectivity index (χ1) is 12.5. The molecule has 1 amide bonds. The fraction of sp³-hybridized carbons (Fsp3) is 0.381. The second kappa shape index (κ2) is 8.56. The SMILES string of the molecule is Cc1cc(Cl)ccc1OC(C)C(=O)N1CCN(Cc2ccccc2)CC1. The number of benzene rings is 2. The Hall–Kier alpha value is -2.04. The van der Waals surface area contributed by atoms with Crippen LogP contribution in [0.4, 0.5) is 0 Å². The van der Waals surface area contributed by atoms with Crippen LogP contribution >= 0.6 is 11.6 Å². The van der Waals surface area contributed by atoms with Crippen molar-refractivity contribution in [3.63, 3.8) is 0 Å². The van der Waals surface area contributed by atoms with Crippen molar-refractivity contribution >= 4 is 17.5 Å². The minimum Gasteiger partial charge on any atom is -0.481 e. The summed E-state index contributed by atoms with van der Waals surface area (Å²) in [7, 11) is 0. The minimum atomic E-state index is -0.504. The Morgan fingerprint density at radius 1 is 1.12 bits per heavy atom. The van der Waals surface area contributed by atoms with Gasteiger partial charge in [-0.15, -0.1) is 0 Å². The first kappa shape index (κ1) is 18.7. The molecule has 2 aromatic rings. The van der Waals surface area contributed by atoms with Crippen LogP contribution in [0.5, 0.6) is 5.75 Å². The van der Waals surface area contributed by atoms with E-state index in [0.29, 0.717) is 10.8 Å². The maximum absolute atomic E-state index is 12.7. The zero-order valence-corrected chi connectivity index (χ0v) is 16.1. The molecule has 0 aromatic heterocycles. The van der Waals surface area contributed by atoms with Crippen LogP contribution in [-0.4, -0.2) is 48.0 Å². The first-order valence-corrected chi connectivity index (χ1v) is 9.38. The molecule has 0 bridgehead atoms. The van der Waals surface area contributed by atoms with E-state index in [2.05, 4.69) is 29.2 Å². The summed E-state index contributed by atoms with van der Waals surface area (Å²) in [6.45, 7) is 7.91. The minimum absolute atomic E-state index is 0.0405. The Morgan fingerprint density at radius 3 is 2.46 bits per heavy atom. The van der Waals surface area contributed by atoms with E-state index in [9.17, 15) is 4.79 Å². The van der Waals surface area contributed by atoms with Gasteiger partial charge in [-0.3, -0.25) is 9.69 Å². The van der Waals surface area contributed by atoms with E-state index < -0.39 is 6.10 Å². The molecule has 1 aliphatic heterocycles. The number of carbonyl (C=O) groups is 1. The van der Waals surface area contributed by atoms with Gasteiger partial charge in [0.25, 0.3) is 5.91 Å². The van der Waals surface area contributed by atoms with Crippen LogP contribution in [-0.2, 0) is 11.3 Å². The largest absolute Gasteiger partial charge is 0.481 e. The molecule has 26 heavy (non-hydrogen) atoms. The molecule has 0 radical (unpaired) electrons. The Kier molecular flexibility index (Phi) is 6.17. The third-order valence-electron chi connectivity index (χ3n) is 4.72. The Labute approximate surface area is 160 Å². The summed E-state index contributed by atoms with van der Waals surface area (Å²) in [6, 6.07) is 15.9. The summed E-state index contributed by atoms with van der Waals surface area (Å²) in [5, 5.41) is 0.670. The van der Waals surface area contributed by atoms with E-state index in [4.69, 9.17) is 16.3 Å². The lowest BCUT2D eigenvalue weighted by Crippen LogP contribution is -2.51. The molecular formula is C21H25ClN2O2. The van der Waals surface area contributed by atoms with Crippen LogP contribution in [0.3, 0.4) is 0 Å². The monoisotopic (exact) mass is 372 g/mol. The van der Waals surface area contributed by atoms with E-state index in [1.54, 1.807) is 6.07 Å². The van der Waals surface area contributed by atoms with Gasteiger partial charge in [0.2, 0.25) is 0 Å². The number of piperazine rings is 1. The predicted octanol–water partition coefficient (Wildman–Crippen LogP) is 3.76. The highest BCUT2D eigenvalue weighted by Gasteiger charge is 2.26. The molecule has 4 nitrogen and oxygen atoms in total. The molecule has 1 unspecified atom stereocenters. The van der Waals surface area contributed by atoms with Crippen molar-refractivity contribution in [1.29, 1.82) is 0 Å². The van der Waals surface area contributed by atoms with Crippen LogP contribution in [0.2, 0.25) is 5.02 Å². The Bertz CT molecular complexity index is 743. The van der Waals surface area contributed by atoms with Crippen LogP contribution in [0.15, 0.2) is 48.5 Å². The second-order valence-electron chi connectivity index (χ2n) is 6.76. The van der Waals surface area contributed by atoms with Gasteiger partial charge in [-0.1, -0.05) is 41.9 Å². The summed E-state index contributed by atoms with van der Waals surface area (Å²) < 4.78 is 5.87. The van der Waals surface area contributed by atoms with Gasteiger partial charge in [0.15, 0.2) is 6.10 Å². The third kappa shape index (κ3) is 4.77. The summed E-state index contributed by atoms with van der Waals surface area (Å²) in [5.41, 5.74) is 2.24. The molecule has 1 heterocycles. The molecule has 5 heteroatoms. The molecule has 1 atom stereocenters. The quantitative estimate of drug-likeness (QED) is 0.801. The van der Waals surface area contributed by atoms with Crippen LogP contribution in [0.1, 0.15) is 18.1 Å². The Balaban J connectivity index is 1.51. The normalized spacial score (nSPS) is 16.3. The van der Waals surface area contributed by atoms with Crippen molar-refractivity contribution in [3.8, 4) is 5.75 Å². The van der Waals surface area contributed by atoms with Crippen LogP contribution < -0.4 is 4.74 Å². The van der Waals surface area contributed by atoms with Crippen LogP contribution in [0.25, 0.3) is 0 Å². The van der Waals surface area contributed by atoms with Gasteiger partial charge in [0.05, 0.1) is 0 Å². The van der Waals surface area contributed by atoms with Crippen LogP contribution in [0, 0.1) is 6.92 Å². The van der Waals surface area contributed by atoms with E-state index in [0.717, 1.165) is 38.3 Å². The lowest BCUT2D eigenvalue weighted by atomic mass is 10.2. The maximum Gasteiger partial charge on any atom is 0.263 e. The highest BCUT2D eigenvalue weighted by Crippen LogP contribution is 2.23. The average molecular weight is 373 g/mol. The van der Waals surface area contributed by atoms with Crippen molar-refractivity contribution in [2.45, 2.75) is 26.5 Å². The average Bonchev–Trinajstić information content (AvgIpc) is 2.65. The molecule has 1 saturated heterocycles. The Morgan fingerprint density at radius 2 is 1.81 bits per heavy atom. The highest BCUT2D eigenvalue weighted by atomic mass is 35.5. The number of nitrogens with zero attached hydrogens (tertiary/aromatic N) is 2. The van der Waals surface area contributed by atoms with Gasteiger partial charge in [-0.2, -0.15) is 0 Å². The number of aryl methyl sites for hydroxylation is 1. The summed E-state index contributed by atoms with van der Waals surface area (Å²) >= 11 is 5.97. The van der Waals surface area contributed by atoms with E-state index in [-0.39, 0.29) is 5.91 Å². The lowest BCUT2D eigenvalue weighted by Gasteiger charge is -2.36. The third-order valence-corrected chi connectivity index (χ3v) is 4.96. The molecule has 1 aliphatic rings. The predicted molar refractivity (Wildman–Crippen MR) is 105 cm³/mol. The number of carbonyl (C=O) groups excluding carboxylic acids is 1. The van der Waals surface area contributed by atoms with Gasteiger partial charge in [-0.05, 0) is 43.2 Å².